The maximum atomic E-state index is 12.2. The number of aromatic nitrogens is 2. The van der Waals surface area contributed by atoms with Gasteiger partial charge in [-0.3, -0.25) is 10.00 Å². The molecular formula is C18H16N4O3. The quantitative estimate of drug-likeness (QED) is 0.768. The first-order valence-corrected chi connectivity index (χ1v) is 7.76. The molecule has 4 rings (SSSR count). The van der Waals surface area contributed by atoms with E-state index in [2.05, 4.69) is 15.7 Å². The number of aryl methyl sites for hydroxylation is 1. The second-order valence-electron chi connectivity index (χ2n) is 5.55. The van der Waals surface area contributed by atoms with Gasteiger partial charge >= 0.3 is 6.03 Å². The van der Waals surface area contributed by atoms with Gasteiger partial charge < -0.3 is 14.8 Å². The van der Waals surface area contributed by atoms with Gasteiger partial charge in [0.1, 0.15) is 0 Å². The number of urea groups is 1. The molecule has 0 atom stereocenters. The van der Waals surface area contributed by atoms with Crippen LogP contribution in [0.4, 0.5) is 16.3 Å². The van der Waals surface area contributed by atoms with Crippen LogP contribution >= 0.6 is 0 Å². The van der Waals surface area contributed by atoms with Crippen LogP contribution in [-0.4, -0.2) is 22.6 Å². The molecule has 2 heterocycles. The maximum absolute atomic E-state index is 12.2. The van der Waals surface area contributed by atoms with E-state index >= 15 is 0 Å². The highest BCUT2D eigenvalue weighted by Crippen LogP contribution is 2.34. The lowest BCUT2D eigenvalue weighted by molar-refractivity contribution is 0.174. The van der Waals surface area contributed by atoms with Crippen molar-refractivity contribution in [2.75, 3.05) is 17.4 Å². The van der Waals surface area contributed by atoms with Gasteiger partial charge in [-0.1, -0.05) is 30.3 Å². The highest BCUT2D eigenvalue weighted by atomic mass is 16.7. The fourth-order valence-corrected chi connectivity index (χ4v) is 2.66. The lowest BCUT2D eigenvalue weighted by Crippen LogP contribution is -2.19. The Balaban J connectivity index is 1.46. The second-order valence-corrected chi connectivity index (χ2v) is 5.55. The number of nitrogens with zero attached hydrogens (tertiary/aromatic N) is 2. The number of hydrogen-bond donors (Lipinski definition) is 2. The summed E-state index contributed by atoms with van der Waals surface area (Å²) >= 11 is 0. The molecule has 3 aromatic rings. The number of hydrogen-bond acceptors (Lipinski definition) is 4. The molecule has 0 radical (unpaired) electrons. The Bertz CT molecular complexity index is 921. The maximum Gasteiger partial charge on any atom is 0.324 e. The van der Waals surface area contributed by atoms with Crippen LogP contribution in [0.25, 0.3) is 11.3 Å². The van der Waals surface area contributed by atoms with Gasteiger partial charge in [0, 0.05) is 24.9 Å². The Morgan fingerprint density at radius 3 is 2.68 bits per heavy atom. The van der Waals surface area contributed by atoms with E-state index in [-0.39, 0.29) is 12.8 Å². The number of anilines is 2. The Hall–Kier alpha value is -3.48. The van der Waals surface area contributed by atoms with Crippen molar-refractivity contribution in [2.45, 2.75) is 0 Å². The SMILES string of the molecule is Cn1nc(NC(=O)Nc2ccc3c(c2)OCO3)cc1-c1ccccc1. The van der Waals surface area contributed by atoms with Crippen molar-refractivity contribution in [1.82, 2.24) is 9.78 Å². The molecule has 0 fully saturated rings. The standard InChI is InChI=1S/C18H16N4O3/c1-22-14(12-5-3-2-4-6-12)10-17(21-22)20-18(23)19-13-7-8-15-16(9-13)25-11-24-15/h2-10H,11H2,1H3,(H2,19,20,21,23). The molecular weight excluding hydrogens is 320 g/mol. The van der Waals surface area contributed by atoms with E-state index in [0.717, 1.165) is 11.3 Å². The van der Waals surface area contributed by atoms with Gasteiger partial charge in [-0.25, -0.2) is 4.79 Å². The van der Waals surface area contributed by atoms with Crippen molar-refractivity contribution in [3.63, 3.8) is 0 Å². The highest BCUT2D eigenvalue weighted by Gasteiger charge is 2.15. The molecule has 25 heavy (non-hydrogen) atoms. The first kappa shape index (κ1) is 15.1. The molecule has 7 nitrogen and oxygen atoms in total. The minimum Gasteiger partial charge on any atom is -0.454 e. The number of benzene rings is 2. The third-order valence-corrected chi connectivity index (χ3v) is 3.82. The first-order chi connectivity index (χ1) is 12.2. The van der Waals surface area contributed by atoms with Crippen molar-refractivity contribution in [3.05, 3.63) is 54.6 Å². The van der Waals surface area contributed by atoms with Crippen molar-refractivity contribution < 1.29 is 14.3 Å². The lowest BCUT2D eigenvalue weighted by atomic mass is 10.1. The number of ether oxygens (including phenoxy) is 2. The molecule has 0 aliphatic carbocycles. The number of fused-ring (bicyclic) bond motifs is 1. The van der Waals surface area contributed by atoms with E-state index in [9.17, 15) is 4.79 Å². The zero-order chi connectivity index (χ0) is 17.2. The Kier molecular flexibility index (Phi) is 3.74. The van der Waals surface area contributed by atoms with Gasteiger partial charge in [0.15, 0.2) is 17.3 Å². The summed E-state index contributed by atoms with van der Waals surface area (Å²) in [6, 6.07) is 16.5. The molecule has 2 amide bonds. The molecule has 2 aromatic carbocycles. The van der Waals surface area contributed by atoms with Crippen LogP contribution in [0.15, 0.2) is 54.6 Å². The van der Waals surface area contributed by atoms with E-state index in [1.54, 1.807) is 22.9 Å². The summed E-state index contributed by atoms with van der Waals surface area (Å²) in [7, 11) is 1.84. The normalized spacial score (nSPS) is 12.0. The molecule has 0 spiro atoms. The van der Waals surface area contributed by atoms with Crippen LogP contribution in [0.3, 0.4) is 0 Å². The summed E-state index contributed by atoms with van der Waals surface area (Å²) in [5.41, 5.74) is 2.56. The lowest BCUT2D eigenvalue weighted by Gasteiger charge is -2.06. The second kappa shape index (κ2) is 6.20. The third kappa shape index (κ3) is 3.12. The number of carbonyl (C=O) groups excluding carboxylic acids is 1. The van der Waals surface area contributed by atoms with E-state index in [0.29, 0.717) is 23.0 Å². The van der Waals surface area contributed by atoms with Gasteiger partial charge in [0.05, 0.1) is 5.69 Å². The average Bonchev–Trinajstić information content (AvgIpc) is 3.21. The summed E-state index contributed by atoms with van der Waals surface area (Å²) < 4.78 is 12.3. The summed E-state index contributed by atoms with van der Waals surface area (Å²) in [6.07, 6.45) is 0. The van der Waals surface area contributed by atoms with E-state index in [4.69, 9.17) is 9.47 Å². The smallest absolute Gasteiger partial charge is 0.324 e. The predicted molar refractivity (Wildman–Crippen MR) is 93.9 cm³/mol. The first-order valence-electron chi connectivity index (χ1n) is 7.76. The van der Waals surface area contributed by atoms with Gasteiger partial charge in [-0.2, -0.15) is 5.10 Å². The predicted octanol–water partition coefficient (Wildman–Crippen LogP) is 3.46. The zero-order valence-corrected chi connectivity index (χ0v) is 13.5. The minimum absolute atomic E-state index is 0.196. The fraction of sp³-hybridized carbons (Fsp3) is 0.111. The van der Waals surface area contributed by atoms with Crippen molar-refractivity contribution in [3.8, 4) is 22.8 Å². The van der Waals surface area contributed by atoms with Crippen LogP contribution in [-0.2, 0) is 7.05 Å². The fourth-order valence-electron chi connectivity index (χ4n) is 2.66. The third-order valence-electron chi connectivity index (χ3n) is 3.82. The molecule has 0 saturated carbocycles. The molecule has 0 unspecified atom stereocenters. The van der Waals surface area contributed by atoms with Crippen molar-refractivity contribution >= 4 is 17.5 Å². The average molecular weight is 336 g/mol. The number of carbonyl (C=O) groups is 1. The molecule has 0 saturated heterocycles. The van der Waals surface area contributed by atoms with E-state index in [1.807, 2.05) is 43.4 Å². The van der Waals surface area contributed by atoms with Crippen LogP contribution in [0.1, 0.15) is 0 Å². The molecule has 2 N–H and O–H groups in total. The van der Waals surface area contributed by atoms with Gasteiger partial charge in [0.2, 0.25) is 6.79 Å². The van der Waals surface area contributed by atoms with Gasteiger partial charge in [-0.15, -0.1) is 0 Å². The summed E-state index contributed by atoms with van der Waals surface area (Å²) in [6.45, 7) is 0.196. The van der Waals surface area contributed by atoms with Crippen LogP contribution < -0.4 is 20.1 Å². The van der Waals surface area contributed by atoms with E-state index in [1.165, 1.54) is 0 Å². The largest absolute Gasteiger partial charge is 0.454 e. The van der Waals surface area contributed by atoms with E-state index < -0.39 is 0 Å². The van der Waals surface area contributed by atoms with Crippen LogP contribution in [0.5, 0.6) is 11.5 Å². The molecule has 1 aliphatic rings. The molecule has 7 heteroatoms. The molecule has 126 valence electrons. The Morgan fingerprint density at radius 1 is 1.04 bits per heavy atom. The number of amides is 2. The molecule has 1 aromatic heterocycles. The number of nitrogens with one attached hydrogen (secondary N) is 2. The van der Waals surface area contributed by atoms with Gasteiger partial charge in [0.25, 0.3) is 0 Å². The van der Waals surface area contributed by atoms with Gasteiger partial charge in [-0.05, 0) is 17.7 Å². The summed E-state index contributed by atoms with van der Waals surface area (Å²) in [4.78, 5) is 12.2. The monoisotopic (exact) mass is 336 g/mol. The Morgan fingerprint density at radius 2 is 1.84 bits per heavy atom. The van der Waals surface area contributed by atoms with Crippen molar-refractivity contribution in [1.29, 1.82) is 0 Å². The molecule has 1 aliphatic heterocycles. The van der Waals surface area contributed by atoms with Crippen LogP contribution in [0, 0.1) is 0 Å². The molecule has 0 bridgehead atoms. The van der Waals surface area contributed by atoms with Crippen molar-refractivity contribution in [2.24, 2.45) is 7.05 Å². The Labute approximate surface area is 144 Å². The zero-order valence-electron chi connectivity index (χ0n) is 13.5. The topological polar surface area (TPSA) is 77.4 Å². The summed E-state index contributed by atoms with van der Waals surface area (Å²) in [5.74, 6) is 1.75. The minimum atomic E-state index is -0.378. The number of rotatable bonds is 3. The summed E-state index contributed by atoms with van der Waals surface area (Å²) in [5, 5.41) is 9.82. The highest BCUT2D eigenvalue weighted by molar-refractivity contribution is 5.99. The van der Waals surface area contributed by atoms with Crippen LogP contribution in [0.2, 0.25) is 0 Å².